The zero-order valence-electron chi connectivity index (χ0n) is 14.7. The van der Waals surface area contributed by atoms with Crippen molar-refractivity contribution in [3.05, 3.63) is 68.3 Å². The van der Waals surface area contributed by atoms with Gasteiger partial charge in [-0.15, -0.1) is 0 Å². The second-order valence-corrected chi connectivity index (χ2v) is 6.35. The maximum absolute atomic E-state index is 13.2. The van der Waals surface area contributed by atoms with Gasteiger partial charge in [-0.05, 0) is 36.8 Å². The van der Waals surface area contributed by atoms with Crippen LogP contribution in [0.1, 0.15) is 19.4 Å². The number of methoxy groups -OCH3 is 1. The lowest BCUT2D eigenvalue weighted by atomic mass is 10.1. The van der Waals surface area contributed by atoms with Gasteiger partial charge in [-0.3, -0.25) is 9.36 Å². The number of carboxylic acid groups (broad SMARTS) is 1. The molecule has 0 aliphatic carbocycles. The molecule has 1 unspecified atom stereocenters. The van der Waals surface area contributed by atoms with Gasteiger partial charge in [0.1, 0.15) is 11.8 Å². The monoisotopic (exact) mass is 388 g/mol. The molecule has 2 aromatic carbocycles. The molecule has 0 saturated heterocycles. The summed E-state index contributed by atoms with van der Waals surface area (Å²) in [5, 5.41) is 10.1. The van der Waals surface area contributed by atoms with E-state index in [-0.39, 0.29) is 23.0 Å². The Bertz CT molecular complexity index is 1150. The predicted molar refractivity (Wildman–Crippen MR) is 102 cm³/mol. The maximum Gasteiger partial charge on any atom is 0.336 e. The van der Waals surface area contributed by atoms with Crippen LogP contribution in [-0.4, -0.2) is 27.3 Å². The largest absolute Gasteiger partial charge is 0.497 e. The van der Waals surface area contributed by atoms with Crippen LogP contribution in [0.3, 0.4) is 0 Å². The van der Waals surface area contributed by atoms with E-state index in [0.29, 0.717) is 10.8 Å². The Labute approximate surface area is 159 Å². The van der Waals surface area contributed by atoms with Gasteiger partial charge in [0.2, 0.25) is 0 Å². The number of carboxylic acids is 1. The van der Waals surface area contributed by atoms with Crippen LogP contribution in [0.15, 0.2) is 52.1 Å². The summed E-state index contributed by atoms with van der Waals surface area (Å²) < 4.78 is 7.21. The summed E-state index contributed by atoms with van der Waals surface area (Å²) >= 11 is 6.03. The minimum absolute atomic E-state index is 0.160. The van der Waals surface area contributed by atoms with Crippen molar-refractivity contribution in [2.45, 2.75) is 19.4 Å². The van der Waals surface area contributed by atoms with Crippen LogP contribution in [0.25, 0.3) is 16.6 Å². The van der Waals surface area contributed by atoms with Gasteiger partial charge in [-0.2, -0.15) is 0 Å². The first-order valence-corrected chi connectivity index (χ1v) is 8.60. The Morgan fingerprint density at radius 2 is 1.96 bits per heavy atom. The number of benzene rings is 2. The molecule has 140 valence electrons. The van der Waals surface area contributed by atoms with E-state index >= 15 is 0 Å². The minimum Gasteiger partial charge on any atom is -0.497 e. The van der Waals surface area contributed by atoms with E-state index < -0.39 is 23.3 Å². The van der Waals surface area contributed by atoms with E-state index in [1.54, 1.807) is 25.1 Å². The van der Waals surface area contributed by atoms with Gasteiger partial charge in [0.15, 0.2) is 0 Å². The number of nitrogens with zero attached hydrogens (tertiary/aromatic N) is 2. The number of fused-ring (bicyclic) bond motifs is 1. The molecule has 0 radical (unpaired) electrons. The third-order valence-electron chi connectivity index (χ3n) is 4.35. The van der Waals surface area contributed by atoms with Crippen molar-refractivity contribution >= 4 is 28.5 Å². The molecule has 8 heteroatoms. The number of ether oxygens (including phenoxy) is 1. The van der Waals surface area contributed by atoms with Crippen molar-refractivity contribution in [1.82, 2.24) is 9.13 Å². The smallest absolute Gasteiger partial charge is 0.336 e. The summed E-state index contributed by atoms with van der Waals surface area (Å²) in [7, 11) is 1.47. The Hall–Kier alpha value is -3.06. The molecule has 0 aliphatic heterocycles. The van der Waals surface area contributed by atoms with Gasteiger partial charge in [-0.1, -0.05) is 24.6 Å². The highest BCUT2D eigenvalue weighted by Gasteiger charge is 2.24. The highest BCUT2D eigenvalue weighted by Crippen LogP contribution is 2.22. The van der Waals surface area contributed by atoms with Crippen LogP contribution in [0.5, 0.6) is 5.75 Å². The van der Waals surface area contributed by atoms with E-state index in [0.717, 1.165) is 9.13 Å². The fourth-order valence-corrected chi connectivity index (χ4v) is 3.22. The molecule has 0 spiro atoms. The maximum atomic E-state index is 13.2. The minimum atomic E-state index is -1.17. The normalized spacial score (nSPS) is 12.1. The van der Waals surface area contributed by atoms with E-state index in [9.17, 15) is 19.5 Å². The zero-order chi connectivity index (χ0) is 19.7. The summed E-state index contributed by atoms with van der Waals surface area (Å²) in [6.45, 7) is 1.66. The van der Waals surface area contributed by atoms with Gasteiger partial charge in [0.25, 0.3) is 5.56 Å². The van der Waals surface area contributed by atoms with Crippen molar-refractivity contribution in [1.29, 1.82) is 0 Å². The van der Waals surface area contributed by atoms with E-state index in [2.05, 4.69) is 0 Å². The topological polar surface area (TPSA) is 90.5 Å². The van der Waals surface area contributed by atoms with Gasteiger partial charge in [0.05, 0.1) is 23.7 Å². The first kappa shape index (κ1) is 18.7. The first-order chi connectivity index (χ1) is 12.9. The molecular weight excluding hydrogens is 372 g/mol. The van der Waals surface area contributed by atoms with Crippen molar-refractivity contribution in [2.24, 2.45) is 0 Å². The quantitative estimate of drug-likeness (QED) is 0.725. The van der Waals surface area contributed by atoms with Crippen molar-refractivity contribution < 1.29 is 14.6 Å². The SMILES string of the molecule is CCC(C(=O)O)n1c(=O)n(-c2cccc(OC)c2)c(=O)c2ccc(Cl)cc21. The Balaban J connectivity index is 2.49. The van der Waals surface area contributed by atoms with Crippen LogP contribution in [-0.2, 0) is 4.79 Å². The number of aromatic nitrogens is 2. The number of hydrogen-bond donors (Lipinski definition) is 1. The molecule has 1 aromatic heterocycles. The summed E-state index contributed by atoms with van der Waals surface area (Å²) in [4.78, 5) is 38.0. The molecule has 7 nitrogen and oxygen atoms in total. The molecular formula is C19H17ClN2O5. The Kier molecular flexibility index (Phi) is 5.05. The second-order valence-electron chi connectivity index (χ2n) is 5.92. The lowest BCUT2D eigenvalue weighted by Gasteiger charge is -2.19. The average Bonchev–Trinajstić information content (AvgIpc) is 2.64. The molecule has 0 fully saturated rings. The Morgan fingerprint density at radius 1 is 1.22 bits per heavy atom. The fraction of sp³-hybridized carbons (Fsp3) is 0.211. The van der Waals surface area contributed by atoms with Gasteiger partial charge in [-0.25, -0.2) is 14.2 Å². The molecule has 0 bridgehead atoms. The molecule has 3 aromatic rings. The third kappa shape index (κ3) is 3.21. The first-order valence-electron chi connectivity index (χ1n) is 8.23. The highest BCUT2D eigenvalue weighted by atomic mass is 35.5. The fourth-order valence-electron chi connectivity index (χ4n) is 3.05. The lowest BCUT2D eigenvalue weighted by Crippen LogP contribution is -2.42. The summed E-state index contributed by atoms with van der Waals surface area (Å²) in [5.41, 5.74) is -0.838. The number of carbonyl (C=O) groups is 1. The van der Waals surface area contributed by atoms with Crippen LogP contribution < -0.4 is 16.0 Å². The molecule has 0 saturated carbocycles. The van der Waals surface area contributed by atoms with Crippen molar-refractivity contribution in [3.63, 3.8) is 0 Å². The molecule has 27 heavy (non-hydrogen) atoms. The van der Waals surface area contributed by atoms with E-state index in [4.69, 9.17) is 16.3 Å². The van der Waals surface area contributed by atoms with E-state index in [1.165, 1.54) is 31.4 Å². The van der Waals surface area contributed by atoms with Crippen molar-refractivity contribution in [2.75, 3.05) is 7.11 Å². The van der Waals surface area contributed by atoms with Gasteiger partial charge in [0, 0.05) is 11.1 Å². The number of aliphatic carboxylic acids is 1. The van der Waals surface area contributed by atoms with E-state index in [1.807, 2.05) is 0 Å². The van der Waals surface area contributed by atoms with Crippen LogP contribution in [0, 0.1) is 0 Å². The molecule has 1 atom stereocenters. The molecule has 1 heterocycles. The van der Waals surface area contributed by atoms with Crippen molar-refractivity contribution in [3.8, 4) is 11.4 Å². The summed E-state index contributed by atoms with van der Waals surface area (Å²) in [6, 6.07) is 9.75. The standard InChI is InChI=1S/C19H17ClN2O5/c1-3-15(18(24)25)22-16-9-11(20)7-8-14(16)17(23)21(19(22)26)12-5-4-6-13(10-12)27-2/h4-10,15H,3H2,1-2H3,(H,24,25). The molecule has 3 rings (SSSR count). The molecule has 1 N–H and O–H groups in total. The third-order valence-corrected chi connectivity index (χ3v) is 4.58. The zero-order valence-corrected chi connectivity index (χ0v) is 15.4. The van der Waals surface area contributed by atoms with Crippen LogP contribution >= 0.6 is 11.6 Å². The van der Waals surface area contributed by atoms with Gasteiger partial charge >= 0.3 is 11.7 Å². The average molecular weight is 389 g/mol. The molecule has 0 aliphatic rings. The number of halogens is 1. The summed E-state index contributed by atoms with van der Waals surface area (Å²) in [6.07, 6.45) is 0.160. The lowest BCUT2D eigenvalue weighted by molar-refractivity contribution is -0.141. The Morgan fingerprint density at radius 3 is 2.59 bits per heavy atom. The van der Waals surface area contributed by atoms with Crippen LogP contribution in [0.2, 0.25) is 5.02 Å². The number of hydrogen-bond acceptors (Lipinski definition) is 4. The number of rotatable bonds is 5. The summed E-state index contributed by atoms with van der Waals surface area (Å²) in [5.74, 6) is -0.705. The predicted octanol–water partition coefficient (Wildman–Crippen LogP) is 2.85. The van der Waals surface area contributed by atoms with Crippen LogP contribution in [0.4, 0.5) is 0 Å². The molecule has 0 amide bonds. The van der Waals surface area contributed by atoms with Gasteiger partial charge < -0.3 is 9.84 Å². The highest BCUT2D eigenvalue weighted by molar-refractivity contribution is 6.31. The second kappa shape index (κ2) is 7.28.